The number of aryl methyl sites for hydroxylation is 2. The first kappa shape index (κ1) is 22.3. The quantitative estimate of drug-likeness (QED) is 0.371. The van der Waals surface area contributed by atoms with Gasteiger partial charge in [0.25, 0.3) is 0 Å². The average molecular weight is 455 g/mol. The largest absolute Gasteiger partial charge is 0.345 e. The van der Waals surface area contributed by atoms with Gasteiger partial charge in [-0.2, -0.15) is 0 Å². The molecule has 1 saturated heterocycles. The number of rotatable bonds is 9. The van der Waals surface area contributed by atoms with E-state index in [4.69, 9.17) is 0 Å². The molecule has 5 nitrogen and oxygen atoms in total. The van der Waals surface area contributed by atoms with Gasteiger partial charge >= 0.3 is 0 Å². The molecule has 0 radical (unpaired) electrons. The van der Waals surface area contributed by atoms with E-state index in [-0.39, 0.29) is 23.8 Å². The highest BCUT2D eigenvalue weighted by Gasteiger charge is 2.28. The zero-order valence-electron chi connectivity index (χ0n) is 19.4. The molecule has 1 heterocycles. The molecule has 0 saturated carbocycles. The van der Waals surface area contributed by atoms with E-state index >= 15 is 0 Å². The Kier molecular flexibility index (Phi) is 6.43. The molecule has 0 bridgehead atoms. The van der Waals surface area contributed by atoms with Crippen molar-refractivity contribution in [2.24, 2.45) is 0 Å². The number of hydrogen-bond acceptors (Lipinski definition) is 3. The van der Waals surface area contributed by atoms with Gasteiger partial charge in [0.1, 0.15) is 0 Å². The molecule has 0 aromatic heterocycles. The Hall–Kier alpha value is -3.47. The lowest BCUT2D eigenvalue weighted by molar-refractivity contribution is -0.138. The maximum Gasteiger partial charge on any atom is 0.229 e. The van der Waals surface area contributed by atoms with Crippen LogP contribution >= 0.6 is 0 Å². The molecule has 5 heteroatoms. The van der Waals surface area contributed by atoms with Gasteiger partial charge in [-0.25, -0.2) is 0 Å². The van der Waals surface area contributed by atoms with Gasteiger partial charge < -0.3 is 5.32 Å². The van der Waals surface area contributed by atoms with Crippen LogP contribution in [0.4, 0.5) is 0 Å². The summed E-state index contributed by atoms with van der Waals surface area (Å²) >= 11 is 0. The molecular formula is C29H30N2O3. The van der Waals surface area contributed by atoms with Gasteiger partial charge in [0.05, 0.1) is 6.04 Å². The number of carbonyl (C=O) groups excluding carboxylic acids is 3. The number of hydrogen-bond donors (Lipinski definition) is 1. The lowest BCUT2D eigenvalue weighted by Gasteiger charge is -2.22. The summed E-state index contributed by atoms with van der Waals surface area (Å²) < 4.78 is 0. The third-order valence-corrected chi connectivity index (χ3v) is 7.10. The van der Waals surface area contributed by atoms with E-state index in [9.17, 15) is 14.4 Å². The Morgan fingerprint density at radius 1 is 0.794 bits per heavy atom. The molecule has 1 aliphatic carbocycles. The smallest absolute Gasteiger partial charge is 0.229 e. The fraction of sp³-hybridized carbons (Fsp3) is 0.345. The predicted molar refractivity (Wildman–Crippen MR) is 132 cm³/mol. The molecule has 3 aromatic carbocycles. The highest BCUT2D eigenvalue weighted by Crippen LogP contribution is 2.36. The van der Waals surface area contributed by atoms with E-state index in [2.05, 4.69) is 47.8 Å². The summed E-state index contributed by atoms with van der Waals surface area (Å²) in [6.07, 6.45) is 5.52. The summed E-state index contributed by atoms with van der Waals surface area (Å²) in [6.45, 7) is 0.465. The van der Waals surface area contributed by atoms with Crippen LogP contribution in [0, 0.1) is 0 Å². The van der Waals surface area contributed by atoms with Crippen molar-refractivity contribution in [1.82, 2.24) is 10.2 Å². The molecule has 2 aliphatic rings. The van der Waals surface area contributed by atoms with Crippen molar-refractivity contribution in [3.63, 3.8) is 0 Å². The summed E-state index contributed by atoms with van der Waals surface area (Å²) in [5.74, 6) is -0.122. The van der Waals surface area contributed by atoms with E-state index in [0.717, 1.165) is 43.2 Å². The molecule has 1 atom stereocenters. The summed E-state index contributed by atoms with van der Waals surface area (Å²) in [6, 6.07) is 20.8. The number of benzene rings is 3. The maximum atomic E-state index is 13.0. The molecule has 1 N–H and O–H groups in total. The van der Waals surface area contributed by atoms with E-state index < -0.39 is 0 Å². The first-order chi connectivity index (χ1) is 16.6. The number of imide groups is 1. The van der Waals surface area contributed by atoms with Crippen LogP contribution in [0.2, 0.25) is 0 Å². The number of likely N-dealkylation sites (tertiary alicyclic amines) is 1. The van der Waals surface area contributed by atoms with Gasteiger partial charge in [-0.3, -0.25) is 19.3 Å². The van der Waals surface area contributed by atoms with Gasteiger partial charge in [0.15, 0.2) is 0 Å². The van der Waals surface area contributed by atoms with Crippen molar-refractivity contribution in [1.29, 1.82) is 0 Å². The van der Waals surface area contributed by atoms with Crippen LogP contribution in [0.1, 0.15) is 66.8 Å². The molecule has 1 aliphatic heterocycles. The first-order valence-electron chi connectivity index (χ1n) is 12.3. The number of carbonyl (C=O) groups is 3. The monoisotopic (exact) mass is 454 g/mol. The van der Waals surface area contributed by atoms with Gasteiger partial charge in [0, 0.05) is 25.8 Å². The van der Waals surface area contributed by atoms with Crippen molar-refractivity contribution >= 4 is 28.5 Å². The van der Waals surface area contributed by atoms with Crippen LogP contribution in [0.25, 0.3) is 10.8 Å². The lowest BCUT2D eigenvalue weighted by Crippen LogP contribution is -2.30. The van der Waals surface area contributed by atoms with Gasteiger partial charge in [-0.05, 0) is 58.7 Å². The molecule has 34 heavy (non-hydrogen) atoms. The van der Waals surface area contributed by atoms with Crippen LogP contribution in [0.5, 0.6) is 0 Å². The Labute approximate surface area is 200 Å². The minimum Gasteiger partial charge on any atom is -0.345 e. The fourth-order valence-electron chi connectivity index (χ4n) is 5.34. The topological polar surface area (TPSA) is 66.5 Å². The third kappa shape index (κ3) is 4.47. The van der Waals surface area contributed by atoms with Gasteiger partial charge in [-0.1, -0.05) is 67.1 Å². The molecule has 5 rings (SSSR count). The highest BCUT2D eigenvalue weighted by molar-refractivity contribution is 6.01. The lowest BCUT2D eigenvalue weighted by atomic mass is 9.91. The average Bonchev–Trinajstić information content (AvgIpc) is 3.42. The van der Waals surface area contributed by atoms with Crippen molar-refractivity contribution in [3.8, 4) is 0 Å². The SMILES string of the molecule is O=C(CCCCCN1C(=O)CCC1=O)NC(c1ccccc1)c1ccc2c3c(cccc13)CC2. The molecule has 174 valence electrons. The summed E-state index contributed by atoms with van der Waals surface area (Å²) in [4.78, 5) is 37.8. The molecule has 1 unspecified atom stereocenters. The van der Waals surface area contributed by atoms with E-state index in [1.165, 1.54) is 26.8 Å². The molecule has 0 spiro atoms. The van der Waals surface area contributed by atoms with E-state index in [1.807, 2.05) is 18.2 Å². The van der Waals surface area contributed by atoms with E-state index in [1.54, 1.807) is 0 Å². The summed E-state index contributed by atoms with van der Waals surface area (Å²) in [7, 11) is 0. The number of unbranched alkanes of at least 4 members (excludes halogenated alkanes) is 2. The standard InChI is InChI=1S/C29H30N2O3/c32-25(12-5-2-6-19-31-26(33)17-18-27(31)34)30-29(22-8-3-1-4-9-22)24-16-15-21-14-13-20-10-7-11-23(24)28(20)21/h1,3-4,7-11,15-16,29H,2,5-6,12-14,17-19H2,(H,30,32). The van der Waals surface area contributed by atoms with Crippen molar-refractivity contribution < 1.29 is 14.4 Å². The second kappa shape index (κ2) is 9.80. The number of amides is 3. The second-order valence-corrected chi connectivity index (χ2v) is 9.31. The second-order valence-electron chi connectivity index (χ2n) is 9.31. The molecule has 3 aromatic rings. The third-order valence-electron chi connectivity index (χ3n) is 7.10. The normalized spacial score (nSPS) is 15.8. The Balaban J connectivity index is 1.27. The minimum absolute atomic E-state index is 0.0189. The Morgan fingerprint density at radius 2 is 1.53 bits per heavy atom. The summed E-state index contributed by atoms with van der Waals surface area (Å²) in [5, 5.41) is 5.86. The zero-order chi connectivity index (χ0) is 23.5. The van der Waals surface area contributed by atoms with Crippen molar-refractivity contribution in [2.75, 3.05) is 6.54 Å². The Morgan fingerprint density at radius 3 is 2.29 bits per heavy atom. The van der Waals surface area contributed by atoms with Crippen LogP contribution < -0.4 is 5.32 Å². The van der Waals surface area contributed by atoms with Gasteiger partial charge in [0.2, 0.25) is 17.7 Å². The van der Waals surface area contributed by atoms with Crippen LogP contribution in [-0.4, -0.2) is 29.2 Å². The first-order valence-corrected chi connectivity index (χ1v) is 12.3. The minimum atomic E-state index is -0.210. The molecule has 1 fully saturated rings. The Bertz CT molecular complexity index is 1210. The zero-order valence-corrected chi connectivity index (χ0v) is 19.4. The predicted octanol–water partition coefficient (Wildman–Crippen LogP) is 4.85. The van der Waals surface area contributed by atoms with Crippen LogP contribution in [0.3, 0.4) is 0 Å². The van der Waals surface area contributed by atoms with Crippen LogP contribution in [0.15, 0.2) is 60.7 Å². The number of nitrogens with one attached hydrogen (secondary N) is 1. The van der Waals surface area contributed by atoms with Crippen molar-refractivity contribution in [2.45, 2.75) is 57.4 Å². The summed E-state index contributed by atoms with van der Waals surface area (Å²) in [5.41, 5.74) is 4.98. The maximum absolute atomic E-state index is 13.0. The fourth-order valence-corrected chi connectivity index (χ4v) is 5.34. The van der Waals surface area contributed by atoms with Crippen LogP contribution in [-0.2, 0) is 27.2 Å². The van der Waals surface area contributed by atoms with E-state index in [0.29, 0.717) is 25.8 Å². The molecule has 3 amide bonds. The molecular weight excluding hydrogens is 424 g/mol. The highest BCUT2D eigenvalue weighted by atomic mass is 16.2. The van der Waals surface area contributed by atoms with Crippen molar-refractivity contribution in [3.05, 3.63) is 82.9 Å². The van der Waals surface area contributed by atoms with Gasteiger partial charge in [-0.15, -0.1) is 0 Å². The number of nitrogens with zero attached hydrogens (tertiary/aromatic N) is 1.